The van der Waals surface area contributed by atoms with Crippen LogP contribution < -0.4 is 9.47 Å². The molecule has 2 rings (SSSR count). The van der Waals surface area contributed by atoms with Gasteiger partial charge in [-0.05, 0) is 23.1 Å². The van der Waals surface area contributed by atoms with Crippen molar-refractivity contribution in [3.05, 3.63) is 28.2 Å². The second-order valence-corrected chi connectivity index (χ2v) is 6.25. The molecule has 0 saturated heterocycles. The molecule has 0 amide bonds. The van der Waals surface area contributed by atoms with Crippen molar-refractivity contribution in [2.24, 2.45) is 5.41 Å². The minimum absolute atomic E-state index is 0.167. The van der Waals surface area contributed by atoms with Gasteiger partial charge in [-0.3, -0.25) is 0 Å². The normalized spacial score (nSPS) is 16.3. The number of hydrogen-bond acceptors (Lipinski definition) is 3. The highest BCUT2D eigenvalue weighted by atomic mass is 79.9. The van der Waals surface area contributed by atoms with E-state index in [0.29, 0.717) is 0 Å². The van der Waals surface area contributed by atoms with E-state index in [0.717, 1.165) is 21.5 Å². The van der Waals surface area contributed by atoms with Gasteiger partial charge >= 0.3 is 0 Å². The van der Waals surface area contributed by atoms with Crippen LogP contribution in [0.1, 0.15) is 26.3 Å². The van der Waals surface area contributed by atoms with Crippen molar-refractivity contribution >= 4 is 22.0 Å². The van der Waals surface area contributed by atoms with Crippen LogP contribution in [0.25, 0.3) is 6.08 Å². The van der Waals surface area contributed by atoms with Gasteiger partial charge in [0, 0.05) is 4.47 Å². The Kier molecular flexibility index (Phi) is 3.69. The number of halogens is 1. The highest BCUT2D eigenvalue weighted by Crippen LogP contribution is 2.37. The number of fused-ring (bicyclic) bond motifs is 1. The van der Waals surface area contributed by atoms with Crippen LogP contribution >= 0.6 is 15.9 Å². The molecule has 1 heterocycles. The van der Waals surface area contributed by atoms with Gasteiger partial charge in [-0.15, -0.1) is 0 Å². The lowest BCUT2D eigenvalue weighted by atomic mass is 9.89. The van der Waals surface area contributed by atoms with Gasteiger partial charge in [0.1, 0.15) is 0 Å². The summed E-state index contributed by atoms with van der Waals surface area (Å²) in [6.07, 6.45) is 3.19. The number of ether oxygens (including phenoxy) is 2. The monoisotopic (exact) mass is 312 g/mol. The van der Waals surface area contributed by atoms with Crippen LogP contribution in [-0.2, 0) is 0 Å². The molecule has 0 fully saturated rings. The standard InChI is InChI=1S/C14H17BrO3/c1-14(2,3)13(16)5-4-9-6-11-12(7-10(9)15)18-8-17-11/h4-7,13,16H,8H2,1-3H3. The first-order valence-electron chi connectivity index (χ1n) is 5.83. The van der Waals surface area contributed by atoms with Gasteiger partial charge in [-0.25, -0.2) is 0 Å². The molecule has 0 bridgehead atoms. The Morgan fingerprint density at radius 1 is 1.28 bits per heavy atom. The topological polar surface area (TPSA) is 38.7 Å². The SMILES string of the molecule is CC(C)(C)C(O)C=Cc1cc2c(cc1Br)OCO2. The minimum atomic E-state index is -0.491. The third kappa shape index (κ3) is 2.87. The fraction of sp³-hybridized carbons (Fsp3) is 0.429. The molecule has 1 aliphatic heterocycles. The molecule has 1 unspecified atom stereocenters. The number of hydrogen-bond donors (Lipinski definition) is 1. The lowest BCUT2D eigenvalue weighted by Gasteiger charge is -2.22. The van der Waals surface area contributed by atoms with Crippen molar-refractivity contribution in [3.8, 4) is 11.5 Å². The average molecular weight is 313 g/mol. The lowest BCUT2D eigenvalue weighted by Crippen LogP contribution is -2.23. The Morgan fingerprint density at radius 3 is 2.50 bits per heavy atom. The van der Waals surface area contributed by atoms with Crippen molar-refractivity contribution in [1.29, 1.82) is 0 Å². The van der Waals surface area contributed by atoms with E-state index in [-0.39, 0.29) is 12.2 Å². The van der Waals surface area contributed by atoms with Gasteiger partial charge in [-0.2, -0.15) is 0 Å². The Morgan fingerprint density at radius 2 is 1.89 bits per heavy atom. The van der Waals surface area contributed by atoms with E-state index >= 15 is 0 Å². The van der Waals surface area contributed by atoms with Gasteiger partial charge in [0.05, 0.1) is 6.10 Å². The Hall–Kier alpha value is -1.00. The zero-order chi connectivity index (χ0) is 13.3. The van der Waals surface area contributed by atoms with Crippen LogP contribution in [0.5, 0.6) is 11.5 Å². The summed E-state index contributed by atoms with van der Waals surface area (Å²) in [4.78, 5) is 0. The van der Waals surface area contributed by atoms with Crippen molar-refractivity contribution in [2.75, 3.05) is 6.79 Å². The molecular weight excluding hydrogens is 296 g/mol. The number of benzene rings is 1. The molecule has 98 valence electrons. The summed E-state index contributed by atoms with van der Waals surface area (Å²) < 4.78 is 11.5. The summed E-state index contributed by atoms with van der Waals surface area (Å²) in [5.74, 6) is 1.48. The fourth-order valence-electron chi connectivity index (χ4n) is 1.54. The van der Waals surface area contributed by atoms with Crippen LogP contribution in [0, 0.1) is 5.41 Å². The molecule has 3 nitrogen and oxygen atoms in total. The maximum absolute atomic E-state index is 9.97. The second-order valence-electron chi connectivity index (χ2n) is 5.40. The number of aliphatic hydroxyl groups excluding tert-OH is 1. The molecule has 1 N–H and O–H groups in total. The number of aliphatic hydroxyl groups is 1. The molecule has 4 heteroatoms. The molecule has 1 atom stereocenters. The third-order valence-corrected chi connectivity index (χ3v) is 3.52. The molecule has 1 aliphatic rings. The third-order valence-electron chi connectivity index (χ3n) is 2.84. The van der Waals surface area contributed by atoms with E-state index in [1.165, 1.54) is 0 Å². The summed E-state index contributed by atoms with van der Waals surface area (Å²) in [7, 11) is 0. The maximum Gasteiger partial charge on any atom is 0.231 e. The summed E-state index contributed by atoms with van der Waals surface area (Å²) in [5.41, 5.74) is 0.793. The van der Waals surface area contributed by atoms with E-state index in [2.05, 4.69) is 15.9 Å². The van der Waals surface area contributed by atoms with E-state index in [1.807, 2.05) is 39.0 Å². The zero-order valence-corrected chi connectivity index (χ0v) is 12.3. The van der Waals surface area contributed by atoms with E-state index in [1.54, 1.807) is 6.08 Å². The Bertz CT molecular complexity index is 475. The van der Waals surface area contributed by atoms with Gasteiger partial charge < -0.3 is 14.6 Å². The average Bonchev–Trinajstić information content (AvgIpc) is 2.70. The molecular formula is C14H17BrO3. The maximum atomic E-state index is 9.97. The van der Waals surface area contributed by atoms with Gasteiger partial charge in [0.2, 0.25) is 6.79 Å². The van der Waals surface area contributed by atoms with Crippen molar-refractivity contribution in [1.82, 2.24) is 0 Å². The molecule has 0 radical (unpaired) electrons. The van der Waals surface area contributed by atoms with Crippen LogP contribution in [0.2, 0.25) is 0 Å². The quantitative estimate of drug-likeness (QED) is 0.907. The first kappa shape index (κ1) is 13.4. The van der Waals surface area contributed by atoms with Crippen molar-refractivity contribution in [3.63, 3.8) is 0 Å². The van der Waals surface area contributed by atoms with Gasteiger partial charge in [0.15, 0.2) is 11.5 Å². The Balaban J connectivity index is 2.22. The molecule has 0 saturated carbocycles. The highest BCUT2D eigenvalue weighted by Gasteiger charge is 2.20. The van der Waals surface area contributed by atoms with Gasteiger partial charge in [-0.1, -0.05) is 48.9 Å². The van der Waals surface area contributed by atoms with E-state index in [9.17, 15) is 5.11 Å². The minimum Gasteiger partial charge on any atom is -0.454 e. The first-order valence-corrected chi connectivity index (χ1v) is 6.62. The largest absolute Gasteiger partial charge is 0.454 e. The fourth-order valence-corrected chi connectivity index (χ4v) is 2.00. The summed E-state index contributed by atoms with van der Waals surface area (Å²) >= 11 is 3.48. The van der Waals surface area contributed by atoms with Crippen LogP contribution in [0.15, 0.2) is 22.7 Å². The Labute approximate surface area is 116 Å². The summed E-state index contributed by atoms with van der Waals surface area (Å²) in [6, 6.07) is 3.78. The molecule has 1 aromatic carbocycles. The van der Waals surface area contributed by atoms with Crippen molar-refractivity contribution < 1.29 is 14.6 Å². The second kappa shape index (κ2) is 4.94. The van der Waals surface area contributed by atoms with Crippen LogP contribution in [0.3, 0.4) is 0 Å². The summed E-state index contributed by atoms with van der Waals surface area (Å²) in [5, 5.41) is 9.97. The summed E-state index contributed by atoms with van der Waals surface area (Å²) in [6.45, 7) is 6.25. The van der Waals surface area contributed by atoms with Gasteiger partial charge in [0.25, 0.3) is 0 Å². The molecule has 0 aromatic heterocycles. The van der Waals surface area contributed by atoms with E-state index < -0.39 is 6.10 Å². The smallest absolute Gasteiger partial charge is 0.231 e. The van der Waals surface area contributed by atoms with Crippen molar-refractivity contribution in [2.45, 2.75) is 26.9 Å². The lowest BCUT2D eigenvalue weighted by molar-refractivity contribution is 0.106. The molecule has 18 heavy (non-hydrogen) atoms. The molecule has 0 spiro atoms. The first-order chi connectivity index (χ1) is 8.38. The predicted octanol–water partition coefficient (Wildman–Crippen LogP) is 3.60. The predicted molar refractivity (Wildman–Crippen MR) is 74.8 cm³/mol. The molecule has 1 aromatic rings. The van der Waals surface area contributed by atoms with Crippen LogP contribution in [0.4, 0.5) is 0 Å². The zero-order valence-electron chi connectivity index (χ0n) is 10.7. The van der Waals surface area contributed by atoms with E-state index in [4.69, 9.17) is 9.47 Å². The number of rotatable bonds is 2. The molecule has 0 aliphatic carbocycles. The van der Waals surface area contributed by atoms with Crippen LogP contribution in [-0.4, -0.2) is 18.0 Å². The highest BCUT2D eigenvalue weighted by molar-refractivity contribution is 9.10.